The highest BCUT2D eigenvalue weighted by Crippen LogP contribution is 2.32. The van der Waals surface area contributed by atoms with Crippen molar-refractivity contribution >= 4 is 11.7 Å². The highest BCUT2D eigenvalue weighted by molar-refractivity contribution is 5.95. The van der Waals surface area contributed by atoms with E-state index in [-0.39, 0.29) is 5.91 Å². The van der Waals surface area contributed by atoms with Gasteiger partial charge < -0.3 is 0 Å². The van der Waals surface area contributed by atoms with Gasteiger partial charge >= 0.3 is 0 Å². The Balaban J connectivity index is 1.34. The van der Waals surface area contributed by atoms with E-state index in [1.165, 1.54) is 11.1 Å². The quantitative estimate of drug-likeness (QED) is 0.590. The predicted octanol–water partition coefficient (Wildman–Crippen LogP) is 4.30. The number of carbonyl (C=O) groups excluding carboxylic acids is 1. The van der Waals surface area contributed by atoms with Crippen LogP contribution in [0.25, 0.3) is 0 Å². The van der Waals surface area contributed by atoms with E-state index in [4.69, 9.17) is 9.97 Å². The largest absolute Gasteiger partial charge is 0.298 e. The van der Waals surface area contributed by atoms with E-state index in [9.17, 15) is 4.79 Å². The number of hydrogen-bond acceptors (Lipinski definition) is 4. The van der Waals surface area contributed by atoms with Gasteiger partial charge in [-0.2, -0.15) is 0 Å². The lowest BCUT2D eigenvalue weighted by Crippen LogP contribution is -2.38. The van der Waals surface area contributed by atoms with Gasteiger partial charge in [-0.15, -0.1) is 0 Å². The maximum atomic E-state index is 12.8. The molecule has 0 aliphatic carbocycles. The molecule has 0 bridgehead atoms. The average Bonchev–Trinajstić information content (AvgIpc) is 3.28. The van der Waals surface area contributed by atoms with Crippen LogP contribution in [0.5, 0.6) is 0 Å². The Kier molecular flexibility index (Phi) is 5.99. The van der Waals surface area contributed by atoms with Gasteiger partial charge in [-0.05, 0) is 43.9 Å². The SMILES string of the molecule is Cc1nc([C@H]2CCN(Cc3ccccc3)C2)nc2c1CCC(=O)N2CCc1ccccc1. The lowest BCUT2D eigenvalue weighted by molar-refractivity contribution is -0.118. The van der Waals surface area contributed by atoms with Crippen LogP contribution in [-0.4, -0.2) is 40.4 Å². The van der Waals surface area contributed by atoms with Crippen LogP contribution in [0.4, 0.5) is 5.82 Å². The molecule has 3 heterocycles. The van der Waals surface area contributed by atoms with Gasteiger partial charge in [0.1, 0.15) is 11.6 Å². The molecule has 3 aromatic rings. The molecule has 5 heteroatoms. The lowest BCUT2D eigenvalue weighted by Gasteiger charge is -2.30. The summed E-state index contributed by atoms with van der Waals surface area (Å²) < 4.78 is 0. The van der Waals surface area contributed by atoms with E-state index in [1.54, 1.807) is 0 Å². The minimum atomic E-state index is 0.176. The van der Waals surface area contributed by atoms with Crippen LogP contribution in [0.3, 0.4) is 0 Å². The van der Waals surface area contributed by atoms with Crippen molar-refractivity contribution in [3.8, 4) is 0 Å². The standard InChI is InChI=1S/C27H30N4O/c1-20-24-12-13-25(32)31(17-14-21-8-4-2-5-9-21)27(24)29-26(28-20)23-15-16-30(19-23)18-22-10-6-3-7-11-22/h2-11,23H,12-19H2,1H3/t23-/m0/s1. The summed E-state index contributed by atoms with van der Waals surface area (Å²) in [5.74, 6) is 2.24. The van der Waals surface area contributed by atoms with Gasteiger partial charge in [0.15, 0.2) is 0 Å². The minimum absolute atomic E-state index is 0.176. The molecule has 1 atom stereocenters. The first kappa shape index (κ1) is 20.8. The van der Waals surface area contributed by atoms with Crippen LogP contribution in [0.15, 0.2) is 60.7 Å². The Morgan fingerprint density at radius 3 is 2.41 bits per heavy atom. The van der Waals surface area contributed by atoms with Crippen LogP contribution >= 0.6 is 0 Å². The number of nitrogens with zero attached hydrogens (tertiary/aromatic N) is 4. The Labute approximate surface area is 190 Å². The van der Waals surface area contributed by atoms with Gasteiger partial charge in [-0.25, -0.2) is 9.97 Å². The Bertz CT molecular complexity index is 1080. The Morgan fingerprint density at radius 1 is 0.938 bits per heavy atom. The lowest BCUT2D eigenvalue weighted by atomic mass is 10.0. The van der Waals surface area contributed by atoms with E-state index >= 15 is 0 Å². The zero-order chi connectivity index (χ0) is 21.9. The van der Waals surface area contributed by atoms with E-state index in [0.29, 0.717) is 18.9 Å². The second-order valence-corrected chi connectivity index (χ2v) is 8.96. The first-order valence-corrected chi connectivity index (χ1v) is 11.7. The van der Waals surface area contributed by atoms with Gasteiger partial charge in [0.2, 0.25) is 5.91 Å². The number of amides is 1. The van der Waals surface area contributed by atoms with Crippen molar-refractivity contribution < 1.29 is 4.79 Å². The molecule has 2 aliphatic rings. The van der Waals surface area contributed by atoms with Crippen molar-refractivity contribution in [1.29, 1.82) is 0 Å². The molecule has 2 aromatic carbocycles. The third-order valence-electron chi connectivity index (χ3n) is 6.71. The third-order valence-corrected chi connectivity index (χ3v) is 6.71. The Morgan fingerprint density at radius 2 is 1.66 bits per heavy atom. The molecule has 0 radical (unpaired) electrons. The van der Waals surface area contributed by atoms with Gasteiger partial charge in [-0.1, -0.05) is 60.7 Å². The summed E-state index contributed by atoms with van der Waals surface area (Å²) in [5.41, 5.74) is 4.75. The molecule has 1 aromatic heterocycles. The Hall–Kier alpha value is -3.05. The smallest absolute Gasteiger partial charge is 0.228 e. The minimum Gasteiger partial charge on any atom is -0.298 e. The number of fused-ring (bicyclic) bond motifs is 1. The molecule has 1 fully saturated rings. The summed E-state index contributed by atoms with van der Waals surface area (Å²) >= 11 is 0. The average molecular weight is 427 g/mol. The summed E-state index contributed by atoms with van der Waals surface area (Å²) in [4.78, 5) is 27.1. The van der Waals surface area contributed by atoms with Crippen molar-refractivity contribution in [3.05, 3.63) is 88.9 Å². The summed E-state index contributed by atoms with van der Waals surface area (Å²) in [7, 11) is 0. The summed E-state index contributed by atoms with van der Waals surface area (Å²) in [5, 5.41) is 0. The number of likely N-dealkylation sites (tertiary alicyclic amines) is 1. The van der Waals surface area contributed by atoms with E-state index in [1.807, 2.05) is 23.1 Å². The van der Waals surface area contributed by atoms with Gasteiger partial charge in [-0.3, -0.25) is 14.6 Å². The monoisotopic (exact) mass is 426 g/mol. The maximum Gasteiger partial charge on any atom is 0.228 e. The molecule has 0 saturated carbocycles. The fourth-order valence-electron chi connectivity index (χ4n) is 4.93. The van der Waals surface area contributed by atoms with Gasteiger partial charge in [0.25, 0.3) is 0 Å². The molecule has 0 N–H and O–H groups in total. The van der Waals surface area contributed by atoms with Crippen LogP contribution in [0, 0.1) is 6.92 Å². The second-order valence-electron chi connectivity index (χ2n) is 8.96. The molecule has 5 nitrogen and oxygen atoms in total. The molecule has 164 valence electrons. The number of carbonyl (C=O) groups is 1. The van der Waals surface area contributed by atoms with Crippen LogP contribution in [0.1, 0.15) is 47.0 Å². The fourth-order valence-corrected chi connectivity index (χ4v) is 4.93. The highest BCUT2D eigenvalue weighted by atomic mass is 16.2. The van der Waals surface area contributed by atoms with Crippen LogP contribution in [0.2, 0.25) is 0 Å². The molecule has 32 heavy (non-hydrogen) atoms. The fraction of sp³-hybridized carbons (Fsp3) is 0.370. The highest BCUT2D eigenvalue weighted by Gasteiger charge is 2.31. The van der Waals surface area contributed by atoms with Crippen molar-refractivity contribution in [2.24, 2.45) is 0 Å². The summed E-state index contributed by atoms with van der Waals surface area (Å²) in [6.07, 6.45) is 3.17. The number of anilines is 1. The van der Waals surface area contributed by atoms with Crippen molar-refractivity contribution in [2.45, 2.75) is 45.1 Å². The predicted molar refractivity (Wildman–Crippen MR) is 127 cm³/mol. The molecular weight excluding hydrogens is 396 g/mol. The topological polar surface area (TPSA) is 49.3 Å². The first-order chi connectivity index (χ1) is 15.7. The molecule has 1 saturated heterocycles. The molecular formula is C27H30N4O. The first-order valence-electron chi connectivity index (χ1n) is 11.7. The molecule has 1 amide bonds. The van der Waals surface area contributed by atoms with E-state index in [2.05, 4.69) is 54.3 Å². The number of benzene rings is 2. The number of hydrogen-bond donors (Lipinski definition) is 0. The van der Waals surface area contributed by atoms with Crippen molar-refractivity contribution in [1.82, 2.24) is 14.9 Å². The molecule has 0 unspecified atom stereocenters. The summed E-state index contributed by atoms with van der Waals surface area (Å²) in [6, 6.07) is 21.0. The number of rotatable bonds is 6. The van der Waals surface area contributed by atoms with Gasteiger partial charge in [0.05, 0.1) is 0 Å². The molecule has 0 spiro atoms. The third kappa shape index (κ3) is 4.44. The maximum absolute atomic E-state index is 12.8. The molecule has 2 aliphatic heterocycles. The van der Waals surface area contributed by atoms with Crippen molar-refractivity contribution in [2.75, 3.05) is 24.5 Å². The normalized spacial score (nSPS) is 18.7. The van der Waals surface area contributed by atoms with Crippen LogP contribution in [-0.2, 0) is 24.2 Å². The number of aryl methyl sites for hydroxylation is 1. The van der Waals surface area contributed by atoms with E-state index < -0.39 is 0 Å². The second kappa shape index (κ2) is 9.21. The van der Waals surface area contributed by atoms with Crippen molar-refractivity contribution in [3.63, 3.8) is 0 Å². The van der Waals surface area contributed by atoms with E-state index in [0.717, 1.165) is 61.8 Å². The van der Waals surface area contributed by atoms with Crippen LogP contribution < -0.4 is 4.90 Å². The zero-order valence-electron chi connectivity index (χ0n) is 18.7. The zero-order valence-corrected chi connectivity index (χ0v) is 18.7. The molecule has 5 rings (SSSR count). The van der Waals surface area contributed by atoms with Gasteiger partial charge in [0, 0.05) is 43.2 Å². The number of aromatic nitrogens is 2. The summed E-state index contributed by atoms with van der Waals surface area (Å²) in [6.45, 7) is 5.71.